The first-order valence-electron chi connectivity index (χ1n) is 5.40. The predicted molar refractivity (Wildman–Crippen MR) is 61.5 cm³/mol. The molecule has 1 N–H and O–H groups in total. The van der Waals surface area contributed by atoms with E-state index in [1.165, 1.54) is 4.90 Å². The Morgan fingerprint density at radius 1 is 1.35 bits per heavy atom. The van der Waals surface area contributed by atoms with Crippen molar-refractivity contribution in [2.75, 3.05) is 18.5 Å². The zero-order chi connectivity index (χ0) is 13.0. The minimum atomic E-state index is -1.34. The van der Waals surface area contributed by atoms with Crippen molar-refractivity contribution >= 4 is 11.7 Å². The molecule has 0 saturated carbocycles. The van der Waals surface area contributed by atoms with E-state index in [4.69, 9.17) is 5.11 Å². The smallest absolute Gasteiger partial charge is 0.335 e. The lowest BCUT2D eigenvalue weighted by molar-refractivity contribution is 0.0696. The van der Waals surface area contributed by atoms with Gasteiger partial charge in [0.25, 0.3) is 0 Å². The van der Waals surface area contributed by atoms with Crippen LogP contribution >= 0.6 is 0 Å². The van der Waals surface area contributed by atoms with Crippen molar-refractivity contribution in [3.8, 4) is 0 Å². The maximum Gasteiger partial charge on any atom is 0.335 e. The second-order valence-electron chi connectivity index (χ2n) is 3.87. The minimum absolute atomic E-state index is 0.177. The van der Waals surface area contributed by atoms with Crippen molar-refractivity contribution in [3.05, 3.63) is 29.3 Å². The molecule has 0 amide bonds. The Balaban J connectivity index is 3.04. The average molecular weight is 243 g/mol. The van der Waals surface area contributed by atoms with Crippen LogP contribution in [-0.4, -0.2) is 24.7 Å². The van der Waals surface area contributed by atoms with Crippen LogP contribution in [0.2, 0.25) is 0 Å². The topological polar surface area (TPSA) is 40.5 Å². The molecule has 94 valence electrons. The van der Waals surface area contributed by atoms with Gasteiger partial charge in [-0.3, -0.25) is 0 Å². The van der Waals surface area contributed by atoms with Crippen molar-refractivity contribution in [2.45, 2.75) is 19.8 Å². The molecule has 0 aliphatic rings. The molecule has 3 nitrogen and oxygen atoms in total. The van der Waals surface area contributed by atoms with Gasteiger partial charge in [0.2, 0.25) is 0 Å². The maximum absolute atomic E-state index is 13.6. The fraction of sp³-hybridized carbons (Fsp3) is 0.417. The summed E-state index contributed by atoms with van der Waals surface area (Å²) in [6, 6.07) is 1.67. The third-order valence-corrected chi connectivity index (χ3v) is 2.49. The lowest BCUT2D eigenvalue weighted by Gasteiger charge is -2.20. The molecule has 0 atom stereocenters. The van der Waals surface area contributed by atoms with Gasteiger partial charge in [-0.2, -0.15) is 0 Å². The second-order valence-corrected chi connectivity index (χ2v) is 3.87. The van der Waals surface area contributed by atoms with Crippen LogP contribution in [0, 0.1) is 11.6 Å². The van der Waals surface area contributed by atoms with Crippen molar-refractivity contribution in [2.24, 2.45) is 0 Å². The summed E-state index contributed by atoms with van der Waals surface area (Å²) in [5, 5.41) is 8.66. The van der Waals surface area contributed by atoms with Gasteiger partial charge in [-0.1, -0.05) is 13.3 Å². The van der Waals surface area contributed by atoms with Crippen LogP contribution in [0.5, 0.6) is 0 Å². The summed E-state index contributed by atoms with van der Waals surface area (Å²) in [6.45, 7) is 2.50. The lowest BCUT2D eigenvalue weighted by Crippen LogP contribution is -2.21. The summed E-state index contributed by atoms with van der Waals surface area (Å²) in [4.78, 5) is 12.1. The molecule has 5 heteroatoms. The molecule has 0 aromatic heterocycles. The van der Waals surface area contributed by atoms with E-state index in [1.807, 2.05) is 6.92 Å². The first-order chi connectivity index (χ1) is 7.97. The van der Waals surface area contributed by atoms with E-state index in [9.17, 15) is 13.6 Å². The number of carboxylic acid groups (broad SMARTS) is 1. The number of hydrogen-bond donors (Lipinski definition) is 1. The molecular weight excluding hydrogens is 228 g/mol. The van der Waals surface area contributed by atoms with E-state index in [0.29, 0.717) is 6.54 Å². The molecule has 0 radical (unpaired) electrons. The van der Waals surface area contributed by atoms with Gasteiger partial charge in [-0.05, 0) is 18.6 Å². The highest BCUT2D eigenvalue weighted by molar-refractivity contribution is 5.88. The van der Waals surface area contributed by atoms with Crippen molar-refractivity contribution in [1.82, 2.24) is 0 Å². The van der Waals surface area contributed by atoms with Crippen molar-refractivity contribution in [3.63, 3.8) is 0 Å². The fourth-order valence-electron chi connectivity index (χ4n) is 1.56. The number of benzene rings is 1. The molecule has 0 aliphatic carbocycles. The summed E-state index contributed by atoms with van der Waals surface area (Å²) in [5.74, 6) is -3.03. The summed E-state index contributed by atoms with van der Waals surface area (Å²) in [7, 11) is 1.58. The zero-order valence-electron chi connectivity index (χ0n) is 9.83. The van der Waals surface area contributed by atoms with E-state index in [-0.39, 0.29) is 11.3 Å². The number of carbonyl (C=O) groups is 1. The number of aromatic carboxylic acids is 1. The molecule has 0 bridgehead atoms. The van der Waals surface area contributed by atoms with Gasteiger partial charge in [0, 0.05) is 13.6 Å². The highest BCUT2D eigenvalue weighted by Gasteiger charge is 2.17. The molecule has 0 spiro atoms. The van der Waals surface area contributed by atoms with Gasteiger partial charge in [0.15, 0.2) is 0 Å². The Hall–Kier alpha value is -1.65. The first-order valence-corrected chi connectivity index (χ1v) is 5.40. The molecular formula is C12H15F2NO2. The summed E-state index contributed by atoms with van der Waals surface area (Å²) in [6.07, 6.45) is 1.73. The second kappa shape index (κ2) is 5.61. The van der Waals surface area contributed by atoms with Gasteiger partial charge in [-0.15, -0.1) is 0 Å². The number of hydrogen-bond acceptors (Lipinski definition) is 2. The van der Waals surface area contributed by atoms with E-state index in [1.54, 1.807) is 7.05 Å². The molecule has 1 aromatic rings. The maximum atomic E-state index is 13.6. The van der Waals surface area contributed by atoms with E-state index in [2.05, 4.69) is 0 Å². The van der Waals surface area contributed by atoms with Crippen LogP contribution in [-0.2, 0) is 0 Å². The predicted octanol–water partition coefficient (Wildman–Crippen LogP) is 2.90. The summed E-state index contributed by atoms with van der Waals surface area (Å²) < 4.78 is 27.2. The van der Waals surface area contributed by atoms with Crippen LogP contribution in [0.3, 0.4) is 0 Å². The minimum Gasteiger partial charge on any atom is -0.478 e. The molecule has 1 rings (SSSR count). The van der Waals surface area contributed by atoms with Gasteiger partial charge in [0.05, 0.1) is 5.56 Å². The molecule has 0 aliphatic heterocycles. The molecule has 0 saturated heterocycles. The molecule has 0 heterocycles. The Morgan fingerprint density at radius 2 is 1.88 bits per heavy atom. The Bertz CT molecular complexity index is 398. The summed E-state index contributed by atoms with van der Waals surface area (Å²) >= 11 is 0. The molecule has 0 fully saturated rings. The molecule has 17 heavy (non-hydrogen) atoms. The monoisotopic (exact) mass is 243 g/mol. The number of nitrogens with zero attached hydrogens (tertiary/aromatic N) is 1. The van der Waals surface area contributed by atoms with Crippen LogP contribution < -0.4 is 4.90 Å². The van der Waals surface area contributed by atoms with Crippen LogP contribution in [0.4, 0.5) is 14.5 Å². The summed E-state index contributed by atoms with van der Waals surface area (Å²) in [5.41, 5.74) is -0.559. The van der Waals surface area contributed by atoms with Crippen molar-refractivity contribution in [1.29, 1.82) is 0 Å². The normalized spacial score (nSPS) is 10.4. The van der Waals surface area contributed by atoms with Crippen molar-refractivity contribution < 1.29 is 18.7 Å². The van der Waals surface area contributed by atoms with Crippen LogP contribution in [0.1, 0.15) is 30.1 Å². The van der Waals surface area contributed by atoms with E-state index >= 15 is 0 Å². The zero-order valence-corrected chi connectivity index (χ0v) is 9.83. The number of rotatable bonds is 5. The molecule has 0 unspecified atom stereocenters. The quantitative estimate of drug-likeness (QED) is 0.864. The van der Waals surface area contributed by atoms with Crippen LogP contribution in [0.25, 0.3) is 0 Å². The number of carboxylic acids is 1. The standard InChI is InChI=1S/C12H15F2NO2/c1-3-4-5-15(2)11-9(13)6-8(12(16)17)7-10(11)14/h6-7H,3-5H2,1-2H3,(H,16,17). The third-order valence-electron chi connectivity index (χ3n) is 2.49. The number of anilines is 1. The molecule has 1 aromatic carbocycles. The number of unbranched alkanes of at least 4 members (excludes halogenated alkanes) is 1. The number of halogens is 2. The fourth-order valence-corrected chi connectivity index (χ4v) is 1.56. The highest BCUT2D eigenvalue weighted by Crippen LogP contribution is 2.24. The SMILES string of the molecule is CCCCN(C)c1c(F)cc(C(=O)O)cc1F. The largest absolute Gasteiger partial charge is 0.478 e. The highest BCUT2D eigenvalue weighted by atomic mass is 19.1. The first kappa shape index (κ1) is 13.4. The van der Waals surface area contributed by atoms with Crippen LogP contribution in [0.15, 0.2) is 12.1 Å². The van der Waals surface area contributed by atoms with E-state index < -0.39 is 17.6 Å². The lowest BCUT2D eigenvalue weighted by atomic mass is 10.1. The third kappa shape index (κ3) is 3.15. The Kier molecular flexibility index (Phi) is 4.43. The van der Waals surface area contributed by atoms with Gasteiger partial charge in [0.1, 0.15) is 17.3 Å². The Morgan fingerprint density at radius 3 is 2.29 bits per heavy atom. The Labute approximate surface area is 98.7 Å². The average Bonchev–Trinajstić information content (AvgIpc) is 2.25. The van der Waals surface area contributed by atoms with Gasteiger partial charge in [-0.25, -0.2) is 13.6 Å². The van der Waals surface area contributed by atoms with Gasteiger partial charge < -0.3 is 10.0 Å². The van der Waals surface area contributed by atoms with E-state index in [0.717, 1.165) is 25.0 Å². The van der Waals surface area contributed by atoms with Gasteiger partial charge >= 0.3 is 5.97 Å².